The van der Waals surface area contributed by atoms with Crippen molar-refractivity contribution in [1.82, 2.24) is 9.88 Å². The highest BCUT2D eigenvalue weighted by molar-refractivity contribution is 5.00. The standard InChI is InChI=1S/C10H17N3O/c1-7-12-9(6-14-7)3-8-4-13(2)5-10(8)11/h6,8,10H,3-5,11H2,1-2H3. The second-order valence-corrected chi connectivity index (χ2v) is 4.21. The quantitative estimate of drug-likeness (QED) is 0.743. The maximum absolute atomic E-state index is 6.02. The molecule has 0 amide bonds. The van der Waals surface area contributed by atoms with E-state index in [1.165, 1.54) is 0 Å². The summed E-state index contributed by atoms with van der Waals surface area (Å²) in [4.78, 5) is 6.56. The van der Waals surface area contributed by atoms with Crippen molar-refractivity contribution in [3.05, 3.63) is 17.8 Å². The summed E-state index contributed by atoms with van der Waals surface area (Å²) in [5.74, 6) is 1.25. The zero-order valence-electron chi connectivity index (χ0n) is 8.73. The van der Waals surface area contributed by atoms with Gasteiger partial charge in [-0.05, 0) is 19.4 Å². The fraction of sp³-hybridized carbons (Fsp3) is 0.700. The van der Waals surface area contributed by atoms with E-state index in [-0.39, 0.29) is 6.04 Å². The predicted molar refractivity (Wildman–Crippen MR) is 53.9 cm³/mol. The summed E-state index contributed by atoms with van der Waals surface area (Å²) in [7, 11) is 2.11. The molecule has 0 aliphatic carbocycles. The fourth-order valence-corrected chi connectivity index (χ4v) is 2.11. The highest BCUT2D eigenvalue weighted by atomic mass is 16.3. The van der Waals surface area contributed by atoms with Crippen LogP contribution in [-0.4, -0.2) is 36.1 Å². The number of aromatic nitrogens is 1. The van der Waals surface area contributed by atoms with E-state index in [0.29, 0.717) is 5.92 Å². The van der Waals surface area contributed by atoms with E-state index in [9.17, 15) is 0 Å². The fourth-order valence-electron chi connectivity index (χ4n) is 2.11. The van der Waals surface area contributed by atoms with Gasteiger partial charge in [0.05, 0.1) is 5.69 Å². The highest BCUT2D eigenvalue weighted by Gasteiger charge is 2.28. The summed E-state index contributed by atoms with van der Waals surface area (Å²) in [6.45, 7) is 3.92. The Kier molecular flexibility index (Phi) is 2.56. The van der Waals surface area contributed by atoms with E-state index in [0.717, 1.165) is 31.1 Å². The van der Waals surface area contributed by atoms with Gasteiger partial charge in [0.2, 0.25) is 0 Å². The molecule has 1 fully saturated rings. The summed E-state index contributed by atoms with van der Waals surface area (Å²) < 4.78 is 5.17. The Morgan fingerprint density at radius 1 is 1.64 bits per heavy atom. The monoisotopic (exact) mass is 195 g/mol. The van der Waals surface area contributed by atoms with E-state index in [1.807, 2.05) is 6.92 Å². The maximum Gasteiger partial charge on any atom is 0.191 e. The molecule has 1 aliphatic rings. The minimum atomic E-state index is 0.275. The van der Waals surface area contributed by atoms with Crippen LogP contribution in [0.5, 0.6) is 0 Å². The first-order valence-corrected chi connectivity index (χ1v) is 5.00. The third-order valence-corrected chi connectivity index (χ3v) is 2.81. The van der Waals surface area contributed by atoms with E-state index in [1.54, 1.807) is 6.26 Å². The summed E-state index contributed by atoms with van der Waals surface area (Å²) in [6.07, 6.45) is 2.67. The molecule has 1 saturated heterocycles. The molecule has 1 aromatic heterocycles. The van der Waals surface area contributed by atoms with Gasteiger partial charge >= 0.3 is 0 Å². The van der Waals surface area contributed by atoms with Gasteiger partial charge in [0.1, 0.15) is 6.26 Å². The van der Waals surface area contributed by atoms with Crippen molar-refractivity contribution < 1.29 is 4.42 Å². The molecule has 1 aliphatic heterocycles. The van der Waals surface area contributed by atoms with Crippen LogP contribution in [0.2, 0.25) is 0 Å². The minimum Gasteiger partial charge on any atom is -0.449 e. The summed E-state index contributed by atoms with van der Waals surface area (Å²) in [5, 5.41) is 0. The summed E-state index contributed by atoms with van der Waals surface area (Å²) in [6, 6.07) is 0.275. The Balaban J connectivity index is 1.98. The first-order chi connectivity index (χ1) is 6.65. The van der Waals surface area contributed by atoms with Crippen LogP contribution in [0, 0.1) is 12.8 Å². The molecule has 78 valence electrons. The molecule has 1 aromatic rings. The van der Waals surface area contributed by atoms with Crippen molar-refractivity contribution in [3.8, 4) is 0 Å². The number of rotatable bonds is 2. The Labute approximate surface area is 84.1 Å². The van der Waals surface area contributed by atoms with Crippen LogP contribution in [0.3, 0.4) is 0 Å². The number of oxazole rings is 1. The van der Waals surface area contributed by atoms with Gasteiger partial charge in [-0.3, -0.25) is 0 Å². The van der Waals surface area contributed by atoms with Crippen LogP contribution in [-0.2, 0) is 6.42 Å². The van der Waals surface area contributed by atoms with E-state index in [4.69, 9.17) is 10.2 Å². The Bertz CT molecular complexity index is 310. The lowest BCUT2D eigenvalue weighted by molar-refractivity contribution is 0.393. The highest BCUT2D eigenvalue weighted by Crippen LogP contribution is 2.18. The second-order valence-electron chi connectivity index (χ2n) is 4.21. The van der Waals surface area contributed by atoms with Crippen LogP contribution in [0.25, 0.3) is 0 Å². The van der Waals surface area contributed by atoms with Crippen molar-refractivity contribution in [1.29, 1.82) is 0 Å². The van der Waals surface area contributed by atoms with Crippen LogP contribution < -0.4 is 5.73 Å². The van der Waals surface area contributed by atoms with Gasteiger partial charge in [-0.25, -0.2) is 4.98 Å². The van der Waals surface area contributed by atoms with Crippen LogP contribution in [0.1, 0.15) is 11.6 Å². The topological polar surface area (TPSA) is 55.3 Å². The first-order valence-electron chi connectivity index (χ1n) is 5.00. The molecule has 0 aromatic carbocycles. The Morgan fingerprint density at radius 2 is 2.43 bits per heavy atom. The van der Waals surface area contributed by atoms with Crippen LogP contribution in [0.15, 0.2) is 10.7 Å². The molecule has 0 bridgehead atoms. The first kappa shape index (κ1) is 9.68. The molecule has 2 N–H and O–H groups in total. The number of aryl methyl sites for hydroxylation is 1. The molecule has 4 heteroatoms. The average Bonchev–Trinajstić information content (AvgIpc) is 2.61. The Morgan fingerprint density at radius 3 is 2.93 bits per heavy atom. The third-order valence-electron chi connectivity index (χ3n) is 2.81. The molecular weight excluding hydrogens is 178 g/mol. The lowest BCUT2D eigenvalue weighted by Gasteiger charge is -2.11. The minimum absolute atomic E-state index is 0.275. The largest absolute Gasteiger partial charge is 0.449 e. The molecule has 14 heavy (non-hydrogen) atoms. The predicted octanol–water partition coefficient (Wildman–Crippen LogP) is 0.414. The lowest BCUT2D eigenvalue weighted by atomic mass is 9.99. The molecule has 2 atom stereocenters. The average molecular weight is 195 g/mol. The summed E-state index contributed by atoms with van der Waals surface area (Å²) in [5.41, 5.74) is 7.05. The zero-order valence-corrected chi connectivity index (χ0v) is 8.73. The third kappa shape index (κ3) is 1.96. The molecule has 2 unspecified atom stereocenters. The maximum atomic E-state index is 6.02. The number of hydrogen-bond acceptors (Lipinski definition) is 4. The van der Waals surface area contributed by atoms with Gasteiger partial charge in [0.25, 0.3) is 0 Å². The van der Waals surface area contributed by atoms with Crippen molar-refractivity contribution in [3.63, 3.8) is 0 Å². The van der Waals surface area contributed by atoms with Gasteiger partial charge in [0, 0.05) is 26.1 Å². The van der Waals surface area contributed by atoms with E-state index >= 15 is 0 Å². The molecule has 2 heterocycles. The van der Waals surface area contributed by atoms with E-state index in [2.05, 4.69) is 16.9 Å². The lowest BCUT2D eigenvalue weighted by Crippen LogP contribution is -2.30. The molecule has 4 nitrogen and oxygen atoms in total. The van der Waals surface area contributed by atoms with Crippen molar-refractivity contribution in [2.45, 2.75) is 19.4 Å². The van der Waals surface area contributed by atoms with Gasteiger partial charge in [-0.15, -0.1) is 0 Å². The SMILES string of the molecule is Cc1nc(CC2CN(C)CC2N)co1. The second kappa shape index (κ2) is 3.71. The Hall–Kier alpha value is -0.870. The van der Waals surface area contributed by atoms with Gasteiger partial charge in [0.15, 0.2) is 5.89 Å². The van der Waals surface area contributed by atoms with E-state index < -0.39 is 0 Å². The number of nitrogens with two attached hydrogens (primary N) is 1. The van der Waals surface area contributed by atoms with Crippen LogP contribution in [0.4, 0.5) is 0 Å². The number of nitrogens with zero attached hydrogens (tertiary/aromatic N) is 2. The van der Waals surface area contributed by atoms with Gasteiger partial charge in [-0.2, -0.15) is 0 Å². The number of likely N-dealkylation sites (N-methyl/N-ethyl adjacent to an activating group) is 1. The number of hydrogen-bond donors (Lipinski definition) is 1. The zero-order chi connectivity index (χ0) is 10.1. The molecule has 0 saturated carbocycles. The van der Waals surface area contributed by atoms with Crippen molar-refractivity contribution in [2.24, 2.45) is 11.7 Å². The molecule has 0 spiro atoms. The molecule has 0 radical (unpaired) electrons. The normalized spacial score (nSPS) is 28.5. The van der Waals surface area contributed by atoms with Gasteiger partial charge in [-0.1, -0.05) is 0 Å². The van der Waals surface area contributed by atoms with Gasteiger partial charge < -0.3 is 15.1 Å². The van der Waals surface area contributed by atoms with Crippen molar-refractivity contribution >= 4 is 0 Å². The molecule has 2 rings (SSSR count). The smallest absolute Gasteiger partial charge is 0.191 e. The van der Waals surface area contributed by atoms with Crippen LogP contribution >= 0.6 is 0 Å². The molecular formula is C10H17N3O. The number of likely N-dealkylation sites (tertiary alicyclic amines) is 1. The van der Waals surface area contributed by atoms with Crippen molar-refractivity contribution in [2.75, 3.05) is 20.1 Å². The summed E-state index contributed by atoms with van der Waals surface area (Å²) >= 11 is 0.